The first-order chi connectivity index (χ1) is 14.5. The maximum atomic E-state index is 12.9. The van der Waals surface area contributed by atoms with E-state index in [-0.39, 0.29) is 5.56 Å². The molecule has 3 aromatic heterocycles. The average Bonchev–Trinajstić information content (AvgIpc) is 3.44. The number of hydrogen-bond donors (Lipinski definition) is 1. The smallest absolute Gasteiger partial charge is 0.262 e. The molecule has 0 spiro atoms. The molecule has 6 heteroatoms. The highest BCUT2D eigenvalue weighted by Crippen LogP contribution is 2.34. The first-order valence-electron chi connectivity index (χ1n) is 10.8. The lowest BCUT2D eigenvalue weighted by Crippen LogP contribution is -2.31. The van der Waals surface area contributed by atoms with Gasteiger partial charge in [0.1, 0.15) is 5.52 Å². The van der Waals surface area contributed by atoms with Crippen molar-refractivity contribution in [2.45, 2.75) is 65.7 Å². The highest BCUT2D eigenvalue weighted by Gasteiger charge is 2.27. The Morgan fingerprint density at radius 3 is 2.67 bits per heavy atom. The van der Waals surface area contributed by atoms with Crippen LogP contribution in [0.4, 0.5) is 0 Å². The maximum Gasteiger partial charge on any atom is 0.262 e. The largest absolute Gasteiger partial charge is 0.308 e. The summed E-state index contributed by atoms with van der Waals surface area (Å²) < 4.78 is 1.85. The second-order valence-electron chi connectivity index (χ2n) is 8.57. The first-order valence-corrected chi connectivity index (χ1v) is 11.7. The third-order valence-corrected chi connectivity index (χ3v) is 7.80. The van der Waals surface area contributed by atoms with Crippen LogP contribution in [-0.2, 0) is 13.1 Å². The number of hydrogen-bond acceptors (Lipinski definition) is 4. The minimum Gasteiger partial charge on any atom is -0.308 e. The summed E-state index contributed by atoms with van der Waals surface area (Å²) in [7, 11) is 0. The number of fused-ring (bicyclic) bond motifs is 3. The highest BCUT2D eigenvalue weighted by molar-refractivity contribution is 7.15. The molecule has 4 heterocycles. The van der Waals surface area contributed by atoms with Crippen LogP contribution in [0.15, 0.2) is 35.1 Å². The van der Waals surface area contributed by atoms with Gasteiger partial charge in [-0.3, -0.25) is 14.8 Å². The summed E-state index contributed by atoms with van der Waals surface area (Å²) in [6, 6.07) is 12.2. The van der Waals surface area contributed by atoms with Crippen molar-refractivity contribution in [3.63, 3.8) is 0 Å². The van der Waals surface area contributed by atoms with Crippen molar-refractivity contribution >= 4 is 33.1 Å². The molecule has 0 aliphatic carbocycles. The van der Waals surface area contributed by atoms with Gasteiger partial charge >= 0.3 is 0 Å². The van der Waals surface area contributed by atoms with Gasteiger partial charge in [-0.05, 0) is 70.4 Å². The number of thiophene rings is 1. The van der Waals surface area contributed by atoms with E-state index in [0.29, 0.717) is 24.0 Å². The van der Waals surface area contributed by atoms with E-state index in [1.807, 2.05) is 29.8 Å². The number of nitrogens with one attached hydrogen (secondary N) is 1. The Bertz CT molecular complexity index is 1290. The molecule has 0 bridgehead atoms. The van der Waals surface area contributed by atoms with Crippen molar-refractivity contribution < 1.29 is 0 Å². The molecule has 156 valence electrons. The van der Waals surface area contributed by atoms with Crippen LogP contribution < -0.4 is 5.56 Å². The molecule has 1 aliphatic heterocycles. The Balaban J connectivity index is 1.58. The van der Waals surface area contributed by atoms with Gasteiger partial charge in [-0.1, -0.05) is 6.07 Å². The molecule has 1 saturated heterocycles. The summed E-state index contributed by atoms with van der Waals surface area (Å²) in [6.07, 6.45) is 2.59. The summed E-state index contributed by atoms with van der Waals surface area (Å²) in [5.74, 6) is 0. The first kappa shape index (κ1) is 19.5. The topological polar surface area (TPSA) is 53.9 Å². The van der Waals surface area contributed by atoms with Gasteiger partial charge in [-0.2, -0.15) is 5.10 Å². The molecular weight excluding hydrogens is 392 g/mol. The zero-order valence-corrected chi connectivity index (χ0v) is 18.8. The molecule has 0 saturated carbocycles. The molecule has 0 radical (unpaired) electrons. The molecule has 1 N–H and O–H groups in total. The summed E-state index contributed by atoms with van der Waals surface area (Å²) in [6.45, 7) is 10.3. The van der Waals surface area contributed by atoms with Gasteiger partial charge in [0.05, 0.1) is 10.9 Å². The van der Waals surface area contributed by atoms with Gasteiger partial charge in [0.2, 0.25) is 0 Å². The lowest BCUT2D eigenvalue weighted by atomic mass is 10.1. The quantitative estimate of drug-likeness (QED) is 0.487. The lowest BCUT2D eigenvalue weighted by Gasteiger charge is -2.25. The Hall–Kier alpha value is -2.44. The van der Waals surface area contributed by atoms with Crippen LogP contribution in [0.25, 0.3) is 32.2 Å². The fraction of sp³-hybridized carbons (Fsp3) is 0.417. The Morgan fingerprint density at radius 1 is 1.17 bits per heavy atom. The third-order valence-electron chi connectivity index (χ3n) is 6.68. The Labute approximate surface area is 180 Å². The zero-order chi connectivity index (χ0) is 21.0. The number of aryl methyl sites for hydroxylation is 2. The van der Waals surface area contributed by atoms with Crippen molar-refractivity contribution in [2.75, 3.05) is 0 Å². The van der Waals surface area contributed by atoms with Gasteiger partial charge in [0, 0.05) is 46.0 Å². The molecule has 5 rings (SSSR count). The average molecular weight is 421 g/mol. The summed E-state index contributed by atoms with van der Waals surface area (Å²) in [4.78, 5) is 18.2. The number of nitrogens with zero attached hydrogens (tertiary/aromatic N) is 3. The molecule has 4 aromatic rings. The second-order valence-corrected chi connectivity index (χ2v) is 9.74. The zero-order valence-electron chi connectivity index (χ0n) is 18.0. The molecule has 30 heavy (non-hydrogen) atoms. The number of rotatable bonds is 4. The molecular formula is C24H28N4OS. The second kappa shape index (κ2) is 7.36. The third kappa shape index (κ3) is 3.01. The van der Waals surface area contributed by atoms with Crippen molar-refractivity contribution in [1.82, 2.24) is 19.7 Å². The molecule has 0 amide bonds. The number of likely N-dealkylation sites (tertiary alicyclic amines) is 1. The molecule has 5 nitrogen and oxygen atoms in total. The van der Waals surface area contributed by atoms with E-state index in [9.17, 15) is 4.79 Å². The number of aromatic nitrogens is 3. The monoisotopic (exact) mass is 420 g/mol. The minimum absolute atomic E-state index is 0.0336. The van der Waals surface area contributed by atoms with Crippen molar-refractivity contribution in [1.29, 1.82) is 0 Å². The van der Waals surface area contributed by atoms with E-state index < -0.39 is 0 Å². The van der Waals surface area contributed by atoms with E-state index >= 15 is 0 Å². The predicted octanol–water partition coefficient (Wildman–Crippen LogP) is 5.31. The van der Waals surface area contributed by atoms with Crippen LogP contribution in [0.2, 0.25) is 0 Å². The van der Waals surface area contributed by atoms with Crippen LogP contribution in [0, 0.1) is 6.92 Å². The van der Waals surface area contributed by atoms with E-state index in [4.69, 9.17) is 0 Å². The molecule has 0 unspecified atom stereocenters. The summed E-state index contributed by atoms with van der Waals surface area (Å²) in [5.41, 5.74) is 3.77. The standard InChI is InChI=1S/C24H28N4OS/c1-5-27-20-10-8-17(12-19(20)23-22(24(27)29)16(4)25-26-23)21-11-9-18(30-21)13-28-14(2)6-7-15(28)3/h8-12,14-15H,5-7,13H2,1-4H3,(H,25,26)/t14-,15-/m0/s1. The lowest BCUT2D eigenvalue weighted by molar-refractivity contribution is 0.207. The number of aromatic amines is 1. The van der Waals surface area contributed by atoms with E-state index in [0.717, 1.165) is 28.7 Å². The van der Waals surface area contributed by atoms with E-state index in [1.54, 1.807) is 0 Å². The van der Waals surface area contributed by atoms with Crippen LogP contribution in [-0.4, -0.2) is 31.7 Å². The highest BCUT2D eigenvalue weighted by atomic mass is 32.1. The van der Waals surface area contributed by atoms with Crippen LogP contribution in [0.3, 0.4) is 0 Å². The van der Waals surface area contributed by atoms with Gasteiger partial charge < -0.3 is 4.57 Å². The van der Waals surface area contributed by atoms with Crippen LogP contribution in [0.1, 0.15) is 44.2 Å². The van der Waals surface area contributed by atoms with Gasteiger partial charge in [-0.25, -0.2) is 0 Å². The molecule has 1 fully saturated rings. The minimum atomic E-state index is 0.0336. The van der Waals surface area contributed by atoms with Gasteiger partial charge in [0.15, 0.2) is 0 Å². The SMILES string of the molecule is CCn1c(=O)c2c(C)[nH]nc2c2cc(-c3ccc(CN4[C@@H](C)CC[C@@H]4C)s3)ccc21. The number of pyridine rings is 1. The van der Waals surface area contributed by atoms with E-state index in [2.05, 4.69) is 59.3 Å². The van der Waals surface area contributed by atoms with Crippen molar-refractivity contribution in [3.05, 3.63) is 51.3 Å². The summed E-state index contributed by atoms with van der Waals surface area (Å²) >= 11 is 1.87. The van der Waals surface area contributed by atoms with Crippen LogP contribution in [0.5, 0.6) is 0 Å². The Morgan fingerprint density at radius 2 is 1.93 bits per heavy atom. The van der Waals surface area contributed by atoms with Crippen LogP contribution >= 0.6 is 11.3 Å². The van der Waals surface area contributed by atoms with Gasteiger partial charge in [0.25, 0.3) is 5.56 Å². The number of H-pyrrole nitrogens is 1. The predicted molar refractivity (Wildman–Crippen MR) is 125 cm³/mol. The van der Waals surface area contributed by atoms with Gasteiger partial charge in [-0.15, -0.1) is 11.3 Å². The maximum absolute atomic E-state index is 12.9. The molecule has 1 aliphatic rings. The molecule has 2 atom stereocenters. The summed E-state index contributed by atoms with van der Waals surface area (Å²) in [5, 5.41) is 9.20. The van der Waals surface area contributed by atoms with Crippen molar-refractivity contribution in [3.8, 4) is 10.4 Å². The fourth-order valence-electron chi connectivity index (χ4n) is 4.92. The van der Waals surface area contributed by atoms with E-state index in [1.165, 1.54) is 28.2 Å². The fourth-order valence-corrected chi connectivity index (χ4v) is 5.93. The normalized spacial score (nSPS) is 20.0. The molecule has 1 aromatic carbocycles. The Kier molecular flexibility index (Phi) is 4.79. The van der Waals surface area contributed by atoms with Crippen molar-refractivity contribution in [2.24, 2.45) is 0 Å². The number of benzene rings is 1.